The zero-order valence-corrected chi connectivity index (χ0v) is 10.7. The van der Waals surface area contributed by atoms with Gasteiger partial charge in [0.15, 0.2) is 0 Å². The van der Waals surface area contributed by atoms with E-state index in [-0.39, 0.29) is 0 Å². The maximum absolute atomic E-state index is 5.51. The molecule has 0 saturated heterocycles. The standard InChI is InChI=1S/C15H23N/c1-12(2)10-14-7-4-8-15(11-14)13(3)6-5-9-16/h4,6-8,11-12H,5,9-10,16H2,1-3H3/b13-6+. The quantitative estimate of drug-likeness (QED) is 0.800. The highest BCUT2D eigenvalue weighted by Gasteiger charge is 2.00. The van der Waals surface area contributed by atoms with Gasteiger partial charge in [0.2, 0.25) is 0 Å². The van der Waals surface area contributed by atoms with E-state index < -0.39 is 0 Å². The summed E-state index contributed by atoms with van der Waals surface area (Å²) in [6.45, 7) is 7.39. The van der Waals surface area contributed by atoms with E-state index in [4.69, 9.17) is 5.73 Å². The molecule has 0 fully saturated rings. The van der Waals surface area contributed by atoms with Gasteiger partial charge in [-0.3, -0.25) is 0 Å². The fourth-order valence-corrected chi connectivity index (χ4v) is 1.83. The smallest absolute Gasteiger partial charge is 0.00424 e. The summed E-state index contributed by atoms with van der Waals surface area (Å²) >= 11 is 0. The summed E-state index contributed by atoms with van der Waals surface area (Å²) in [5.74, 6) is 0.712. The summed E-state index contributed by atoms with van der Waals surface area (Å²) in [6.07, 6.45) is 4.33. The molecule has 1 aromatic rings. The van der Waals surface area contributed by atoms with Gasteiger partial charge in [0, 0.05) is 0 Å². The van der Waals surface area contributed by atoms with Crippen molar-refractivity contribution in [3.05, 3.63) is 41.5 Å². The molecule has 0 spiro atoms. The number of allylic oxidation sites excluding steroid dienone is 1. The molecule has 0 aliphatic rings. The van der Waals surface area contributed by atoms with Crippen molar-refractivity contribution < 1.29 is 0 Å². The van der Waals surface area contributed by atoms with Gasteiger partial charge < -0.3 is 5.73 Å². The lowest BCUT2D eigenvalue weighted by atomic mass is 9.98. The van der Waals surface area contributed by atoms with Crippen LogP contribution in [0.3, 0.4) is 0 Å². The lowest BCUT2D eigenvalue weighted by Crippen LogP contribution is -1.96. The highest BCUT2D eigenvalue weighted by molar-refractivity contribution is 5.64. The molecule has 1 aromatic carbocycles. The molecule has 1 heteroatoms. The molecule has 0 unspecified atom stereocenters. The van der Waals surface area contributed by atoms with E-state index in [2.05, 4.69) is 51.1 Å². The average molecular weight is 217 g/mol. The van der Waals surface area contributed by atoms with Crippen molar-refractivity contribution in [2.24, 2.45) is 11.7 Å². The van der Waals surface area contributed by atoms with E-state index in [1.165, 1.54) is 16.7 Å². The number of benzene rings is 1. The van der Waals surface area contributed by atoms with E-state index in [0.717, 1.165) is 19.4 Å². The van der Waals surface area contributed by atoms with Gasteiger partial charge in [0.05, 0.1) is 0 Å². The summed E-state index contributed by atoms with van der Waals surface area (Å²) in [5.41, 5.74) is 9.59. The van der Waals surface area contributed by atoms with Crippen LogP contribution in [-0.2, 0) is 6.42 Å². The van der Waals surface area contributed by atoms with Crippen molar-refractivity contribution in [2.45, 2.75) is 33.6 Å². The van der Waals surface area contributed by atoms with Crippen LogP contribution in [-0.4, -0.2) is 6.54 Å². The molecule has 2 N–H and O–H groups in total. The van der Waals surface area contributed by atoms with E-state index >= 15 is 0 Å². The predicted octanol–water partition coefficient (Wildman–Crippen LogP) is 3.64. The van der Waals surface area contributed by atoms with Crippen LogP contribution in [0, 0.1) is 5.92 Å². The summed E-state index contributed by atoms with van der Waals surface area (Å²) in [5, 5.41) is 0. The van der Waals surface area contributed by atoms with Crippen molar-refractivity contribution >= 4 is 5.57 Å². The van der Waals surface area contributed by atoms with Gasteiger partial charge in [-0.15, -0.1) is 0 Å². The molecule has 0 bridgehead atoms. The van der Waals surface area contributed by atoms with Crippen LogP contribution in [0.4, 0.5) is 0 Å². The first kappa shape index (κ1) is 13.0. The summed E-state index contributed by atoms with van der Waals surface area (Å²) in [4.78, 5) is 0. The van der Waals surface area contributed by atoms with Gasteiger partial charge >= 0.3 is 0 Å². The third-order valence-electron chi connectivity index (χ3n) is 2.64. The SMILES string of the molecule is C/C(=C\CCN)c1cccc(CC(C)C)c1. The molecule has 16 heavy (non-hydrogen) atoms. The largest absolute Gasteiger partial charge is 0.330 e. The fraction of sp³-hybridized carbons (Fsp3) is 0.467. The maximum Gasteiger partial charge on any atom is -0.00424 e. The van der Waals surface area contributed by atoms with Gasteiger partial charge in [-0.25, -0.2) is 0 Å². The number of rotatable bonds is 5. The lowest BCUT2D eigenvalue weighted by Gasteiger charge is -2.08. The van der Waals surface area contributed by atoms with Crippen molar-refractivity contribution in [2.75, 3.05) is 6.54 Å². The second-order valence-corrected chi connectivity index (χ2v) is 4.76. The van der Waals surface area contributed by atoms with E-state index in [1.54, 1.807) is 0 Å². The van der Waals surface area contributed by atoms with Gasteiger partial charge in [0.1, 0.15) is 0 Å². The number of nitrogens with two attached hydrogens (primary N) is 1. The van der Waals surface area contributed by atoms with Crippen LogP contribution < -0.4 is 5.73 Å². The highest BCUT2D eigenvalue weighted by Crippen LogP contribution is 2.17. The van der Waals surface area contributed by atoms with Crippen molar-refractivity contribution in [3.63, 3.8) is 0 Å². The first-order valence-corrected chi connectivity index (χ1v) is 6.09. The normalized spacial score (nSPS) is 12.2. The van der Waals surface area contributed by atoms with E-state index in [0.29, 0.717) is 5.92 Å². The molecule has 1 rings (SSSR count). The first-order valence-electron chi connectivity index (χ1n) is 6.09. The molecule has 0 heterocycles. The molecule has 0 aliphatic heterocycles. The van der Waals surface area contributed by atoms with E-state index in [1.807, 2.05) is 0 Å². The third-order valence-corrected chi connectivity index (χ3v) is 2.64. The van der Waals surface area contributed by atoms with Gasteiger partial charge in [-0.05, 0) is 48.9 Å². The van der Waals surface area contributed by atoms with Crippen molar-refractivity contribution in [3.8, 4) is 0 Å². The second-order valence-electron chi connectivity index (χ2n) is 4.76. The Morgan fingerprint density at radius 1 is 1.38 bits per heavy atom. The molecule has 0 atom stereocenters. The Morgan fingerprint density at radius 3 is 2.75 bits per heavy atom. The minimum absolute atomic E-state index is 0.712. The average Bonchev–Trinajstić information content (AvgIpc) is 2.25. The maximum atomic E-state index is 5.51. The molecular formula is C15H23N. The molecule has 88 valence electrons. The molecule has 0 aromatic heterocycles. The molecule has 1 nitrogen and oxygen atoms in total. The molecule has 0 amide bonds. The zero-order valence-electron chi connectivity index (χ0n) is 10.7. The van der Waals surface area contributed by atoms with Crippen molar-refractivity contribution in [1.82, 2.24) is 0 Å². The lowest BCUT2D eigenvalue weighted by molar-refractivity contribution is 0.647. The van der Waals surface area contributed by atoms with Gasteiger partial charge in [-0.1, -0.05) is 44.2 Å². The van der Waals surface area contributed by atoms with Crippen LogP contribution >= 0.6 is 0 Å². The Labute approximate surface area is 99.4 Å². The first-order chi connectivity index (χ1) is 7.63. The Kier molecular flexibility index (Phi) is 5.27. The molecule has 0 radical (unpaired) electrons. The molecular weight excluding hydrogens is 194 g/mol. The summed E-state index contributed by atoms with van der Waals surface area (Å²) in [6, 6.07) is 8.82. The van der Waals surface area contributed by atoms with E-state index in [9.17, 15) is 0 Å². The van der Waals surface area contributed by atoms with Gasteiger partial charge in [0.25, 0.3) is 0 Å². The fourth-order valence-electron chi connectivity index (χ4n) is 1.83. The third kappa shape index (κ3) is 4.19. The minimum atomic E-state index is 0.712. The molecule has 0 saturated carbocycles. The molecule has 0 aliphatic carbocycles. The van der Waals surface area contributed by atoms with Crippen LogP contribution in [0.1, 0.15) is 38.3 Å². The monoisotopic (exact) mass is 217 g/mol. The Hall–Kier alpha value is -1.08. The topological polar surface area (TPSA) is 26.0 Å². The van der Waals surface area contributed by atoms with Crippen LogP contribution in [0.25, 0.3) is 5.57 Å². The highest BCUT2D eigenvalue weighted by atomic mass is 14.5. The Balaban J connectivity index is 2.81. The van der Waals surface area contributed by atoms with Crippen LogP contribution in [0.2, 0.25) is 0 Å². The number of hydrogen-bond acceptors (Lipinski definition) is 1. The van der Waals surface area contributed by atoms with Crippen LogP contribution in [0.15, 0.2) is 30.3 Å². The summed E-state index contributed by atoms with van der Waals surface area (Å²) < 4.78 is 0. The number of hydrogen-bond donors (Lipinski definition) is 1. The Morgan fingerprint density at radius 2 is 2.12 bits per heavy atom. The summed E-state index contributed by atoms with van der Waals surface area (Å²) in [7, 11) is 0. The predicted molar refractivity (Wildman–Crippen MR) is 72.3 cm³/mol. The Bertz CT molecular complexity index is 350. The zero-order chi connectivity index (χ0) is 12.0. The minimum Gasteiger partial charge on any atom is -0.330 e. The van der Waals surface area contributed by atoms with Crippen molar-refractivity contribution in [1.29, 1.82) is 0 Å². The van der Waals surface area contributed by atoms with Crippen LogP contribution in [0.5, 0.6) is 0 Å². The van der Waals surface area contributed by atoms with Gasteiger partial charge in [-0.2, -0.15) is 0 Å². The second kappa shape index (κ2) is 6.49.